The lowest BCUT2D eigenvalue weighted by Gasteiger charge is -2.22. The number of rotatable bonds is 5. The highest BCUT2D eigenvalue weighted by Gasteiger charge is 2.18. The molecule has 0 unspecified atom stereocenters. The van der Waals surface area contributed by atoms with E-state index in [1.165, 1.54) is 9.80 Å². The van der Waals surface area contributed by atoms with E-state index in [0.717, 1.165) is 0 Å². The average Bonchev–Trinajstić information content (AvgIpc) is 2.39. The van der Waals surface area contributed by atoms with Gasteiger partial charge in [-0.2, -0.15) is 0 Å². The summed E-state index contributed by atoms with van der Waals surface area (Å²) in [5.74, 6) is -0.260. The first-order chi connectivity index (χ1) is 9.35. The van der Waals surface area contributed by atoms with E-state index in [9.17, 15) is 9.59 Å². The summed E-state index contributed by atoms with van der Waals surface area (Å²) in [6.07, 6.45) is 0.133. The Bertz CT molecular complexity index is 504. The molecule has 1 rings (SSSR count). The summed E-state index contributed by atoms with van der Waals surface area (Å²) in [6.45, 7) is 2.37. The minimum Gasteiger partial charge on any atom is -0.347 e. The topological polar surface area (TPSA) is 40.6 Å². The van der Waals surface area contributed by atoms with E-state index in [4.69, 9.17) is 23.2 Å². The predicted molar refractivity (Wildman–Crippen MR) is 81.1 cm³/mol. The summed E-state index contributed by atoms with van der Waals surface area (Å²) in [7, 11) is 3.32. The molecule has 0 saturated carbocycles. The van der Waals surface area contributed by atoms with E-state index in [1.54, 1.807) is 32.3 Å². The Morgan fingerprint density at radius 2 is 1.80 bits per heavy atom. The standard InChI is InChI=1S/C14H18Cl2N2O2/c1-4-18(9-14(20)17(2)3)13(19)8-10-7-11(15)5-6-12(10)16/h5-7H,4,8-9H2,1-3H3. The van der Waals surface area contributed by atoms with Crippen LogP contribution in [0, 0.1) is 0 Å². The number of likely N-dealkylation sites (N-methyl/N-ethyl adjacent to an activating group) is 2. The van der Waals surface area contributed by atoms with Crippen LogP contribution in [0.15, 0.2) is 18.2 Å². The van der Waals surface area contributed by atoms with Crippen molar-refractivity contribution < 1.29 is 9.59 Å². The number of carbonyl (C=O) groups is 2. The van der Waals surface area contributed by atoms with Crippen LogP contribution in [0.4, 0.5) is 0 Å². The van der Waals surface area contributed by atoms with E-state index >= 15 is 0 Å². The summed E-state index contributed by atoms with van der Waals surface area (Å²) in [5.41, 5.74) is 0.667. The van der Waals surface area contributed by atoms with Crippen LogP contribution in [0.2, 0.25) is 10.0 Å². The van der Waals surface area contributed by atoms with E-state index in [2.05, 4.69) is 0 Å². The zero-order chi connectivity index (χ0) is 15.3. The van der Waals surface area contributed by atoms with Gasteiger partial charge < -0.3 is 9.80 Å². The molecule has 2 amide bonds. The van der Waals surface area contributed by atoms with Crippen molar-refractivity contribution in [3.8, 4) is 0 Å². The number of carbonyl (C=O) groups excluding carboxylic acids is 2. The maximum Gasteiger partial charge on any atom is 0.241 e. The molecule has 0 aliphatic carbocycles. The molecule has 0 bridgehead atoms. The van der Waals surface area contributed by atoms with Gasteiger partial charge in [-0.1, -0.05) is 23.2 Å². The maximum absolute atomic E-state index is 12.2. The summed E-state index contributed by atoms with van der Waals surface area (Å²) in [5, 5.41) is 1.03. The second-order valence-electron chi connectivity index (χ2n) is 4.61. The van der Waals surface area contributed by atoms with Crippen LogP contribution in [-0.4, -0.2) is 48.8 Å². The average molecular weight is 317 g/mol. The molecular weight excluding hydrogens is 299 g/mol. The lowest BCUT2D eigenvalue weighted by Crippen LogP contribution is -2.40. The molecule has 1 aromatic carbocycles. The first-order valence-corrected chi connectivity index (χ1v) is 7.02. The van der Waals surface area contributed by atoms with Crippen LogP contribution in [0.3, 0.4) is 0 Å². The van der Waals surface area contributed by atoms with Crippen molar-refractivity contribution in [2.75, 3.05) is 27.2 Å². The summed E-state index contributed by atoms with van der Waals surface area (Å²) in [4.78, 5) is 26.9. The van der Waals surface area contributed by atoms with Crippen molar-refractivity contribution in [2.24, 2.45) is 0 Å². The molecule has 0 heterocycles. The van der Waals surface area contributed by atoms with Gasteiger partial charge >= 0.3 is 0 Å². The second kappa shape index (κ2) is 7.50. The predicted octanol–water partition coefficient (Wildman–Crippen LogP) is 2.47. The van der Waals surface area contributed by atoms with Gasteiger partial charge in [-0.25, -0.2) is 0 Å². The lowest BCUT2D eigenvalue weighted by molar-refractivity contribution is -0.138. The van der Waals surface area contributed by atoms with Crippen LogP contribution in [0.5, 0.6) is 0 Å². The zero-order valence-electron chi connectivity index (χ0n) is 11.8. The van der Waals surface area contributed by atoms with Crippen LogP contribution in [-0.2, 0) is 16.0 Å². The molecule has 110 valence electrons. The number of nitrogens with zero attached hydrogens (tertiary/aromatic N) is 2. The lowest BCUT2D eigenvalue weighted by atomic mass is 10.1. The molecule has 0 fully saturated rings. The number of amides is 2. The minimum absolute atomic E-state index is 0.0700. The van der Waals surface area contributed by atoms with Gasteiger partial charge in [-0.3, -0.25) is 9.59 Å². The monoisotopic (exact) mass is 316 g/mol. The summed E-state index contributed by atoms with van der Waals surface area (Å²) >= 11 is 11.9. The fraction of sp³-hybridized carbons (Fsp3) is 0.429. The fourth-order valence-corrected chi connectivity index (χ4v) is 2.01. The number of hydrogen-bond acceptors (Lipinski definition) is 2. The van der Waals surface area contributed by atoms with Gasteiger partial charge in [-0.05, 0) is 30.7 Å². The number of halogens is 2. The smallest absolute Gasteiger partial charge is 0.241 e. The van der Waals surface area contributed by atoms with Crippen molar-refractivity contribution in [3.05, 3.63) is 33.8 Å². The van der Waals surface area contributed by atoms with Crippen molar-refractivity contribution in [1.82, 2.24) is 9.80 Å². The van der Waals surface area contributed by atoms with Gasteiger partial charge in [0.05, 0.1) is 13.0 Å². The molecule has 0 aromatic heterocycles. The van der Waals surface area contributed by atoms with E-state index in [1.807, 2.05) is 6.92 Å². The molecule has 4 nitrogen and oxygen atoms in total. The number of hydrogen-bond donors (Lipinski definition) is 0. The molecule has 0 radical (unpaired) electrons. The van der Waals surface area contributed by atoms with Crippen molar-refractivity contribution in [3.63, 3.8) is 0 Å². The molecule has 0 spiro atoms. The molecule has 1 aromatic rings. The molecule has 0 N–H and O–H groups in total. The first-order valence-electron chi connectivity index (χ1n) is 6.27. The second-order valence-corrected chi connectivity index (χ2v) is 5.45. The van der Waals surface area contributed by atoms with Gasteiger partial charge in [0.15, 0.2) is 0 Å². The summed E-state index contributed by atoms with van der Waals surface area (Å²) < 4.78 is 0. The molecule has 0 aliphatic heterocycles. The Balaban J connectivity index is 2.77. The van der Waals surface area contributed by atoms with Gasteiger partial charge in [0.2, 0.25) is 11.8 Å². The van der Waals surface area contributed by atoms with Gasteiger partial charge in [-0.15, -0.1) is 0 Å². The van der Waals surface area contributed by atoms with Crippen molar-refractivity contribution in [1.29, 1.82) is 0 Å². The summed E-state index contributed by atoms with van der Waals surface area (Å²) in [6, 6.07) is 5.00. The van der Waals surface area contributed by atoms with Gasteiger partial charge in [0.25, 0.3) is 0 Å². The van der Waals surface area contributed by atoms with E-state index in [-0.39, 0.29) is 24.8 Å². The zero-order valence-corrected chi connectivity index (χ0v) is 13.3. The first kappa shape index (κ1) is 16.8. The highest BCUT2D eigenvalue weighted by Crippen LogP contribution is 2.21. The molecule has 0 atom stereocenters. The highest BCUT2D eigenvalue weighted by atomic mass is 35.5. The van der Waals surface area contributed by atoms with E-state index < -0.39 is 0 Å². The third kappa shape index (κ3) is 4.69. The Hall–Kier alpha value is -1.26. The maximum atomic E-state index is 12.2. The Labute approximate surface area is 129 Å². The molecule has 20 heavy (non-hydrogen) atoms. The van der Waals surface area contributed by atoms with Crippen molar-refractivity contribution >= 4 is 35.0 Å². The quantitative estimate of drug-likeness (QED) is 0.837. The van der Waals surface area contributed by atoms with Gasteiger partial charge in [0.1, 0.15) is 0 Å². The number of benzene rings is 1. The van der Waals surface area contributed by atoms with Crippen LogP contribution < -0.4 is 0 Å². The van der Waals surface area contributed by atoms with E-state index in [0.29, 0.717) is 22.2 Å². The Kier molecular flexibility index (Phi) is 6.30. The Morgan fingerprint density at radius 1 is 1.15 bits per heavy atom. The normalized spacial score (nSPS) is 10.2. The molecule has 6 heteroatoms. The van der Waals surface area contributed by atoms with Crippen LogP contribution in [0.1, 0.15) is 12.5 Å². The third-order valence-electron chi connectivity index (χ3n) is 2.91. The SMILES string of the molecule is CCN(CC(=O)N(C)C)C(=O)Cc1cc(Cl)ccc1Cl. The largest absolute Gasteiger partial charge is 0.347 e. The third-order valence-corrected chi connectivity index (χ3v) is 3.51. The fourth-order valence-electron chi connectivity index (χ4n) is 1.63. The van der Waals surface area contributed by atoms with Crippen LogP contribution >= 0.6 is 23.2 Å². The molecular formula is C14H18Cl2N2O2. The van der Waals surface area contributed by atoms with Crippen LogP contribution in [0.25, 0.3) is 0 Å². The van der Waals surface area contributed by atoms with Gasteiger partial charge in [0, 0.05) is 30.7 Å². The molecule has 0 saturated heterocycles. The highest BCUT2D eigenvalue weighted by molar-refractivity contribution is 6.33. The molecule has 0 aliphatic rings. The minimum atomic E-state index is -0.146. The Morgan fingerprint density at radius 3 is 2.35 bits per heavy atom. The van der Waals surface area contributed by atoms with Crippen molar-refractivity contribution in [2.45, 2.75) is 13.3 Å².